The van der Waals surface area contributed by atoms with Gasteiger partial charge in [-0.1, -0.05) is 23.9 Å². The van der Waals surface area contributed by atoms with Crippen molar-refractivity contribution >= 4 is 29.1 Å². The number of carbonyl (C=O) groups is 1. The largest absolute Gasteiger partial charge is 0.495 e. The predicted molar refractivity (Wildman–Crippen MR) is 92.6 cm³/mol. The lowest BCUT2D eigenvalue weighted by Crippen LogP contribution is -2.14. The fourth-order valence-electron chi connectivity index (χ4n) is 2.27. The van der Waals surface area contributed by atoms with Crippen molar-refractivity contribution in [2.75, 3.05) is 18.2 Å². The van der Waals surface area contributed by atoms with Crippen molar-refractivity contribution in [1.29, 1.82) is 0 Å². The number of nitrogens with zero attached hydrogens (tertiary/aromatic N) is 4. The minimum atomic E-state index is -0.149. The Labute approximate surface area is 143 Å². The van der Waals surface area contributed by atoms with E-state index >= 15 is 0 Å². The summed E-state index contributed by atoms with van der Waals surface area (Å²) >= 11 is 1.27. The number of benzene rings is 1. The van der Waals surface area contributed by atoms with Gasteiger partial charge in [-0.2, -0.15) is 4.98 Å². The van der Waals surface area contributed by atoms with Gasteiger partial charge in [-0.15, -0.1) is 5.10 Å². The number of amides is 1. The molecule has 0 fully saturated rings. The number of carbonyl (C=O) groups excluding carboxylic acids is 1. The Morgan fingerprint density at radius 3 is 2.88 bits per heavy atom. The quantitative estimate of drug-likeness (QED) is 0.717. The van der Waals surface area contributed by atoms with Crippen molar-refractivity contribution in [3.63, 3.8) is 0 Å². The van der Waals surface area contributed by atoms with Gasteiger partial charge in [0, 0.05) is 11.4 Å². The number of methoxy groups -OCH3 is 1. The van der Waals surface area contributed by atoms with E-state index in [0.29, 0.717) is 22.4 Å². The lowest BCUT2D eigenvalue weighted by molar-refractivity contribution is -0.113. The number of aromatic nitrogens is 4. The molecule has 7 nitrogen and oxygen atoms in total. The average Bonchev–Trinajstić information content (AvgIpc) is 2.97. The SMILES string of the molecule is COc1ccccc1NC(=O)CSc1nc2nc(C)cc(C)n2n1. The molecule has 0 atom stereocenters. The monoisotopic (exact) mass is 343 g/mol. The van der Waals surface area contributed by atoms with E-state index in [0.717, 1.165) is 11.4 Å². The summed E-state index contributed by atoms with van der Waals surface area (Å²) in [5, 5.41) is 7.71. The summed E-state index contributed by atoms with van der Waals surface area (Å²) in [7, 11) is 1.57. The van der Waals surface area contributed by atoms with Crippen molar-refractivity contribution < 1.29 is 9.53 Å². The second kappa shape index (κ2) is 6.88. The molecule has 2 heterocycles. The number of anilines is 1. The van der Waals surface area contributed by atoms with Gasteiger partial charge in [0.05, 0.1) is 18.6 Å². The highest BCUT2D eigenvalue weighted by Crippen LogP contribution is 2.23. The lowest BCUT2D eigenvalue weighted by Gasteiger charge is -2.08. The van der Waals surface area contributed by atoms with Crippen molar-refractivity contribution in [1.82, 2.24) is 19.6 Å². The van der Waals surface area contributed by atoms with E-state index in [-0.39, 0.29) is 11.7 Å². The maximum Gasteiger partial charge on any atom is 0.253 e. The van der Waals surface area contributed by atoms with Crippen LogP contribution in [0.1, 0.15) is 11.4 Å². The van der Waals surface area contributed by atoms with E-state index in [9.17, 15) is 4.79 Å². The van der Waals surface area contributed by atoms with Crippen molar-refractivity contribution in [3.05, 3.63) is 41.7 Å². The molecule has 8 heteroatoms. The van der Waals surface area contributed by atoms with E-state index in [1.54, 1.807) is 23.8 Å². The van der Waals surface area contributed by atoms with Gasteiger partial charge in [0.25, 0.3) is 5.78 Å². The number of para-hydroxylation sites is 2. The molecule has 0 saturated carbocycles. The van der Waals surface area contributed by atoms with Crippen LogP contribution in [-0.4, -0.2) is 38.4 Å². The predicted octanol–water partition coefficient (Wildman–Crippen LogP) is 2.48. The van der Waals surface area contributed by atoms with E-state index in [1.165, 1.54) is 11.8 Å². The summed E-state index contributed by atoms with van der Waals surface area (Å²) < 4.78 is 6.89. The highest BCUT2D eigenvalue weighted by atomic mass is 32.2. The molecule has 3 rings (SSSR count). The number of ether oxygens (including phenoxy) is 1. The van der Waals surface area contributed by atoms with E-state index < -0.39 is 0 Å². The Kier molecular flexibility index (Phi) is 4.66. The Morgan fingerprint density at radius 1 is 1.29 bits per heavy atom. The van der Waals surface area contributed by atoms with Crippen LogP contribution in [0.25, 0.3) is 5.78 Å². The van der Waals surface area contributed by atoms with Gasteiger partial charge >= 0.3 is 0 Å². The van der Waals surface area contributed by atoms with Gasteiger partial charge in [0.1, 0.15) is 5.75 Å². The molecule has 24 heavy (non-hydrogen) atoms. The molecule has 3 aromatic rings. The Balaban J connectivity index is 1.67. The summed E-state index contributed by atoms with van der Waals surface area (Å²) in [6.45, 7) is 3.86. The van der Waals surface area contributed by atoms with Gasteiger partial charge < -0.3 is 10.1 Å². The zero-order valence-corrected chi connectivity index (χ0v) is 14.4. The molecule has 0 aliphatic carbocycles. The summed E-state index contributed by atoms with van der Waals surface area (Å²) in [5.41, 5.74) is 2.48. The Morgan fingerprint density at radius 2 is 2.08 bits per heavy atom. The standard InChI is InChI=1S/C16H17N5O2S/c1-10-8-11(2)21-15(17-10)19-16(20-21)24-9-14(22)18-12-6-4-5-7-13(12)23-3/h4-8H,9H2,1-3H3,(H,18,22). The molecule has 1 N–H and O–H groups in total. The number of thioether (sulfide) groups is 1. The molecule has 2 aromatic heterocycles. The molecule has 0 aliphatic rings. The van der Waals surface area contributed by atoms with Crippen LogP contribution in [0.2, 0.25) is 0 Å². The van der Waals surface area contributed by atoms with E-state index in [2.05, 4.69) is 20.4 Å². The molecular weight excluding hydrogens is 326 g/mol. The Bertz CT molecular complexity index is 893. The zero-order chi connectivity index (χ0) is 17.1. The molecule has 0 bridgehead atoms. The number of nitrogens with one attached hydrogen (secondary N) is 1. The van der Waals surface area contributed by atoms with E-state index in [4.69, 9.17) is 4.74 Å². The van der Waals surface area contributed by atoms with Crippen molar-refractivity contribution in [2.24, 2.45) is 0 Å². The first-order chi connectivity index (χ1) is 11.6. The van der Waals surface area contributed by atoms with Gasteiger partial charge in [-0.05, 0) is 32.0 Å². The van der Waals surface area contributed by atoms with Crippen LogP contribution in [0.3, 0.4) is 0 Å². The molecule has 0 saturated heterocycles. The summed E-state index contributed by atoms with van der Waals surface area (Å²) in [6.07, 6.45) is 0. The number of rotatable bonds is 5. The van der Waals surface area contributed by atoms with E-state index in [1.807, 2.05) is 32.0 Å². The molecule has 0 radical (unpaired) electrons. The van der Waals surface area contributed by atoms with Crippen molar-refractivity contribution in [3.8, 4) is 5.75 Å². The average molecular weight is 343 g/mol. The van der Waals surface area contributed by atoms with Gasteiger partial charge in [0.15, 0.2) is 0 Å². The van der Waals surface area contributed by atoms with Crippen molar-refractivity contribution in [2.45, 2.75) is 19.0 Å². The Hall–Kier alpha value is -2.61. The summed E-state index contributed by atoms with van der Waals surface area (Å²) in [5.74, 6) is 1.22. The van der Waals surface area contributed by atoms with Crippen LogP contribution in [0.4, 0.5) is 5.69 Å². The van der Waals surface area contributed by atoms with Gasteiger partial charge in [-0.3, -0.25) is 4.79 Å². The molecule has 124 valence electrons. The number of fused-ring (bicyclic) bond motifs is 1. The highest BCUT2D eigenvalue weighted by molar-refractivity contribution is 7.99. The maximum atomic E-state index is 12.1. The van der Waals surface area contributed by atoms with Gasteiger partial charge in [0.2, 0.25) is 11.1 Å². The highest BCUT2D eigenvalue weighted by Gasteiger charge is 2.12. The van der Waals surface area contributed by atoms with Crippen LogP contribution in [0.5, 0.6) is 5.75 Å². The molecule has 0 unspecified atom stereocenters. The number of hydrogen-bond donors (Lipinski definition) is 1. The molecular formula is C16H17N5O2S. The van der Waals surface area contributed by atoms with Crippen LogP contribution in [0, 0.1) is 13.8 Å². The first-order valence-corrected chi connectivity index (χ1v) is 8.32. The second-order valence-corrected chi connectivity index (χ2v) is 6.12. The van der Waals surface area contributed by atoms with Crippen LogP contribution in [0.15, 0.2) is 35.5 Å². The minimum absolute atomic E-state index is 0.149. The first-order valence-electron chi connectivity index (χ1n) is 7.33. The zero-order valence-electron chi connectivity index (χ0n) is 13.6. The first kappa shape index (κ1) is 16.3. The third kappa shape index (κ3) is 3.48. The fraction of sp³-hybridized carbons (Fsp3) is 0.250. The number of aryl methyl sites for hydroxylation is 2. The molecule has 0 spiro atoms. The third-order valence-corrected chi connectivity index (χ3v) is 4.15. The number of hydrogen-bond acceptors (Lipinski definition) is 6. The summed E-state index contributed by atoms with van der Waals surface area (Å²) in [6, 6.07) is 9.21. The molecule has 1 amide bonds. The molecule has 0 aliphatic heterocycles. The van der Waals surface area contributed by atoms with Crippen LogP contribution >= 0.6 is 11.8 Å². The van der Waals surface area contributed by atoms with Crippen LogP contribution in [-0.2, 0) is 4.79 Å². The minimum Gasteiger partial charge on any atom is -0.495 e. The summed E-state index contributed by atoms with van der Waals surface area (Å²) in [4.78, 5) is 20.8. The lowest BCUT2D eigenvalue weighted by atomic mass is 10.3. The molecule has 1 aromatic carbocycles. The van der Waals surface area contributed by atoms with Gasteiger partial charge in [-0.25, -0.2) is 9.50 Å². The maximum absolute atomic E-state index is 12.1. The topological polar surface area (TPSA) is 81.4 Å². The third-order valence-electron chi connectivity index (χ3n) is 3.31. The smallest absolute Gasteiger partial charge is 0.253 e. The fourth-order valence-corrected chi connectivity index (χ4v) is 2.89. The normalized spacial score (nSPS) is 10.8. The van der Waals surface area contributed by atoms with Crippen LogP contribution < -0.4 is 10.1 Å². The second-order valence-electron chi connectivity index (χ2n) is 5.18.